The molecule has 0 fully saturated rings. The molecule has 0 N–H and O–H groups in total. The molecule has 0 bridgehead atoms. The Morgan fingerprint density at radius 2 is 1.85 bits per heavy atom. The van der Waals surface area contributed by atoms with Crippen molar-refractivity contribution in [3.8, 4) is 0 Å². The zero-order valence-corrected chi connectivity index (χ0v) is 14.7. The van der Waals surface area contributed by atoms with E-state index < -0.39 is 24.2 Å². The predicted molar refractivity (Wildman–Crippen MR) is 99.4 cm³/mol. The molecule has 0 aliphatic heterocycles. The Morgan fingerprint density at radius 3 is 2.70 bits per heavy atom. The smallest absolute Gasteiger partial charge is 0.339 e. The van der Waals surface area contributed by atoms with E-state index in [1.165, 1.54) is 18.2 Å². The predicted octanol–water partition coefficient (Wildman–Crippen LogP) is 4.29. The lowest BCUT2D eigenvalue weighted by atomic mass is 9.90. The van der Waals surface area contributed by atoms with E-state index in [-0.39, 0.29) is 5.56 Å². The van der Waals surface area contributed by atoms with Gasteiger partial charge >= 0.3 is 5.97 Å². The number of carbonyl (C=O) groups excluding carboxylic acids is 2. The summed E-state index contributed by atoms with van der Waals surface area (Å²) in [6.45, 7) is -0.423. The van der Waals surface area contributed by atoms with Gasteiger partial charge in [-0.1, -0.05) is 30.3 Å². The first-order chi connectivity index (χ1) is 13.1. The molecule has 0 unspecified atom stereocenters. The summed E-state index contributed by atoms with van der Waals surface area (Å²) in [5.74, 6) is -1.46. The number of pyridine rings is 1. The third-order valence-electron chi connectivity index (χ3n) is 4.85. The van der Waals surface area contributed by atoms with Crippen molar-refractivity contribution < 1.29 is 18.7 Å². The van der Waals surface area contributed by atoms with Crippen molar-refractivity contribution in [3.05, 3.63) is 76.7 Å². The summed E-state index contributed by atoms with van der Waals surface area (Å²) in [6.07, 6.45) is 3.65. The molecule has 1 heterocycles. The van der Waals surface area contributed by atoms with Crippen LogP contribution < -0.4 is 0 Å². The van der Waals surface area contributed by atoms with Crippen LogP contribution in [0, 0.1) is 5.82 Å². The molecule has 0 saturated carbocycles. The van der Waals surface area contributed by atoms with Gasteiger partial charge in [0, 0.05) is 16.6 Å². The van der Waals surface area contributed by atoms with Crippen LogP contribution in [-0.2, 0) is 17.6 Å². The van der Waals surface area contributed by atoms with Gasteiger partial charge in [-0.25, -0.2) is 9.18 Å². The van der Waals surface area contributed by atoms with Crippen molar-refractivity contribution in [1.82, 2.24) is 4.98 Å². The van der Waals surface area contributed by atoms with Gasteiger partial charge in [0.15, 0.2) is 12.4 Å². The average molecular weight is 363 g/mol. The lowest BCUT2D eigenvalue weighted by molar-refractivity contribution is 0.0475. The number of halogens is 1. The van der Waals surface area contributed by atoms with Gasteiger partial charge in [0.05, 0.1) is 11.1 Å². The Labute approximate surface area is 156 Å². The number of rotatable bonds is 4. The maximum Gasteiger partial charge on any atom is 0.339 e. The number of ketones is 1. The Kier molecular flexibility index (Phi) is 4.67. The second kappa shape index (κ2) is 7.27. The van der Waals surface area contributed by atoms with Gasteiger partial charge < -0.3 is 4.74 Å². The molecular weight excluding hydrogens is 345 g/mol. The molecule has 136 valence electrons. The van der Waals surface area contributed by atoms with Gasteiger partial charge in [0.25, 0.3) is 0 Å². The number of aromatic nitrogens is 1. The van der Waals surface area contributed by atoms with Crippen LogP contribution in [-0.4, -0.2) is 23.3 Å². The number of hydrogen-bond donors (Lipinski definition) is 0. The normalized spacial score (nSPS) is 13.2. The number of esters is 1. The van der Waals surface area contributed by atoms with Crippen molar-refractivity contribution in [2.45, 2.75) is 25.7 Å². The maximum atomic E-state index is 13.3. The van der Waals surface area contributed by atoms with E-state index in [0.717, 1.165) is 53.9 Å². The molecule has 1 aromatic heterocycles. The first-order valence-electron chi connectivity index (χ1n) is 9.00. The molecule has 1 aliphatic carbocycles. The average Bonchev–Trinajstić information content (AvgIpc) is 2.70. The summed E-state index contributed by atoms with van der Waals surface area (Å²) in [5, 5.41) is 0.737. The summed E-state index contributed by atoms with van der Waals surface area (Å²) in [7, 11) is 0. The summed E-state index contributed by atoms with van der Waals surface area (Å²) in [5.41, 5.74) is 3.29. The zero-order chi connectivity index (χ0) is 18.8. The molecule has 2 aromatic carbocycles. The van der Waals surface area contributed by atoms with Crippen molar-refractivity contribution >= 4 is 22.7 Å². The molecule has 0 atom stereocenters. The SMILES string of the molecule is O=C(COC(=O)c1c2c(nc3ccccc13)CCCC2)c1cccc(F)c1. The molecular formula is C22H18FNO3. The zero-order valence-electron chi connectivity index (χ0n) is 14.7. The number of Topliss-reactive ketones (excluding diaryl/α,β-unsaturated/α-hetero) is 1. The van der Waals surface area contributed by atoms with E-state index >= 15 is 0 Å². The second-order valence-electron chi connectivity index (χ2n) is 6.65. The highest BCUT2D eigenvalue weighted by Gasteiger charge is 2.24. The second-order valence-corrected chi connectivity index (χ2v) is 6.65. The van der Waals surface area contributed by atoms with Gasteiger partial charge in [0.1, 0.15) is 5.82 Å². The number of nitrogens with zero attached hydrogens (tertiary/aromatic N) is 1. The van der Waals surface area contributed by atoms with Crippen molar-refractivity contribution in [2.24, 2.45) is 0 Å². The van der Waals surface area contributed by atoms with Gasteiger partial charge in [-0.3, -0.25) is 9.78 Å². The molecule has 5 heteroatoms. The number of aryl methyl sites for hydroxylation is 1. The van der Waals surface area contributed by atoms with Gasteiger partial charge in [-0.05, 0) is 49.4 Å². The van der Waals surface area contributed by atoms with Crippen LogP contribution in [0.25, 0.3) is 10.9 Å². The number of benzene rings is 2. The van der Waals surface area contributed by atoms with Gasteiger partial charge in [-0.15, -0.1) is 0 Å². The van der Waals surface area contributed by atoms with E-state index in [1.807, 2.05) is 24.3 Å². The van der Waals surface area contributed by atoms with Crippen molar-refractivity contribution in [3.63, 3.8) is 0 Å². The number of ether oxygens (including phenoxy) is 1. The van der Waals surface area contributed by atoms with Crippen LogP contribution in [0.3, 0.4) is 0 Å². The molecule has 4 nitrogen and oxygen atoms in total. The molecule has 3 aromatic rings. The van der Waals surface area contributed by atoms with Crippen molar-refractivity contribution in [2.75, 3.05) is 6.61 Å². The first kappa shape index (κ1) is 17.3. The summed E-state index contributed by atoms with van der Waals surface area (Å²) < 4.78 is 18.6. The van der Waals surface area contributed by atoms with Gasteiger partial charge in [-0.2, -0.15) is 0 Å². The fraction of sp³-hybridized carbons (Fsp3) is 0.227. The Balaban J connectivity index is 1.63. The Hall–Kier alpha value is -3.08. The van der Waals surface area contributed by atoms with E-state index in [1.54, 1.807) is 0 Å². The standard InChI is InChI=1S/C22H18FNO3/c23-15-7-5-6-14(12-15)20(25)13-27-22(26)21-16-8-1-3-10-18(16)24-19-11-4-2-9-17(19)21/h1,3,5-8,10,12H,2,4,9,11,13H2. The molecule has 1 aliphatic rings. The third kappa shape index (κ3) is 3.45. The maximum absolute atomic E-state index is 13.3. The van der Waals surface area contributed by atoms with Crippen LogP contribution in [0.15, 0.2) is 48.5 Å². The van der Waals surface area contributed by atoms with Crippen LogP contribution >= 0.6 is 0 Å². The highest BCUT2D eigenvalue weighted by molar-refractivity contribution is 6.06. The molecule has 0 radical (unpaired) electrons. The van der Waals surface area contributed by atoms with Crippen LogP contribution in [0.2, 0.25) is 0 Å². The van der Waals surface area contributed by atoms with Crippen LogP contribution in [0.5, 0.6) is 0 Å². The number of fused-ring (bicyclic) bond motifs is 2. The summed E-state index contributed by atoms with van der Waals surface area (Å²) >= 11 is 0. The lowest BCUT2D eigenvalue weighted by Gasteiger charge is -2.19. The highest BCUT2D eigenvalue weighted by Crippen LogP contribution is 2.29. The van der Waals surface area contributed by atoms with Crippen molar-refractivity contribution in [1.29, 1.82) is 0 Å². The number of hydrogen-bond acceptors (Lipinski definition) is 4. The summed E-state index contributed by atoms with van der Waals surface area (Å²) in [4.78, 5) is 29.8. The minimum Gasteiger partial charge on any atom is -0.454 e. The van der Waals surface area contributed by atoms with Gasteiger partial charge in [0.2, 0.25) is 0 Å². The van der Waals surface area contributed by atoms with Crippen LogP contribution in [0.1, 0.15) is 44.8 Å². The van der Waals surface area contributed by atoms with Crippen LogP contribution in [0.4, 0.5) is 4.39 Å². The fourth-order valence-electron chi connectivity index (χ4n) is 3.55. The molecule has 4 rings (SSSR count). The van der Waals surface area contributed by atoms with E-state index in [2.05, 4.69) is 0 Å². The van der Waals surface area contributed by atoms with E-state index in [9.17, 15) is 14.0 Å². The molecule has 0 spiro atoms. The Morgan fingerprint density at radius 1 is 1.04 bits per heavy atom. The lowest BCUT2D eigenvalue weighted by Crippen LogP contribution is -2.19. The Bertz CT molecular complexity index is 1040. The quantitative estimate of drug-likeness (QED) is 0.512. The molecule has 27 heavy (non-hydrogen) atoms. The summed E-state index contributed by atoms with van der Waals surface area (Å²) in [6, 6.07) is 12.8. The molecule has 0 amide bonds. The fourth-order valence-corrected chi connectivity index (χ4v) is 3.55. The third-order valence-corrected chi connectivity index (χ3v) is 4.85. The van der Waals surface area contributed by atoms with E-state index in [0.29, 0.717) is 5.56 Å². The molecule has 0 saturated heterocycles. The van der Waals surface area contributed by atoms with E-state index in [4.69, 9.17) is 9.72 Å². The highest BCUT2D eigenvalue weighted by atomic mass is 19.1. The number of carbonyl (C=O) groups is 2. The minimum absolute atomic E-state index is 0.185. The largest absolute Gasteiger partial charge is 0.454 e. The topological polar surface area (TPSA) is 56.3 Å². The number of para-hydroxylation sites is 1. The first-order valence-corrected chi connectivity index (χ1v) is 9.00. The monoisotopic (exact) mass is 363 g/mol. The minimum atomic E-state index is -0.531.